The minimum atomic E-state index is -2.52. The maximum atomic E-state index is 8.48. The first-order valence-corrected chi connectivity index (χ1v) is 14.3. The number of pyridine rings is 1. The van der Waals surface area contributed by atoms with Crippen LogP contribution in [0.1, 0.15) is 58.5 Å². The summed E-state index contributed by atoms with van der Waals surface area (Å²) in [5.41, 5.74) is 4.15. The largest absolute Gasteiger partial charge is 0.455 e. The zero-order chi connectivity index (χ0) is 33.3. The Balaban J connectivity index is 1.49. The molecule has 0 amide bonds. The lowest BCUT2D eigenvalue weighted by molar-refractivity contribution is 0.439. The predicted octanol–water partition coefficient (Wildman–Crippen LogP) is 11.3. The Morgan fingerprint density at radius 3 is 2.27 bits per heavy atom. The van der Waals surface area contributed by atoms with E-state index in [1.807, 2.05) is 36.4 Å². The monoisotopic (exact) mass is 539 g/mol. The van der Waals surface area contributed by atoms with Gasteiger partial charge in [-0.2, -0.15) is 0 Å². The molecule has 0 unspecified atom stereocenters. The molecule has 0 fully saturated rings. The number of benzene rings is 5. The SMILES string of the molecule is [2H]C([2H])([2H])c1cnc(-c2cccc3c2oc2c3ccc3ccc4ccccc4c32)cc1-c1ccc(C(C)(CC)CC)cc1C([2H])([2H])[2H]. The van der Waals surface area contributed by atoms with Gasteiger partial charge in [0.15, 0.2) is 0 Å². The molecule has 0 atom stereocenters. The van der Waals surface area contributed by atoms with E-state index in [0.29, 0.717) is 28.0 Å². The Kier molecular flexibility index (Phi) is 4.59. The molecular formula is C39H35NO. The molecule has 0 aliphatic carbocycles. The second-order valence-electron chi connectivity index (χ2n) is 11.3. The highest BCUT2D eigenvalue weighted by molar-refractivity contribution is 6.23. The Labute approximate surface area is 250 Å². The smallest absolute Gasteiger partial charge is 0.144 e. The zero-order valence-electron chi connectivity index (χ0n) is 29.5. The van der Waals surface area contributed by atoms with Crippen molar-refractivity contribution in [1.82, 2.24) is 4.98 Å². The number of hydrogen-bond donors (Lipinski definition) is 0. The van der Waals surface area contributed by atoms with Crippen LogP contribution in [0.5, 0.6) is 0 Å². The minimum Gasteiger partial charge on any atom is -0.455 e. The van der Waals surface area contributed by atoms with Gasteiger partial charge >= 0.3 is 0 Å². The van der Waals surface area contributed by atoms with Crippen molar-refractivity contribution < 1.29 is 12.6 Å². The third-order valence-corrected chi connectivity index (χ3v) is 9.12. The third-order valence-electron chi connectivity index (χ3n) is 9.12. The fourth-order valence-electron chi connectivity index (χ4n) is 6.18. The Bertz CT molecular complexity index is 2330. The molecule has 7 aromatic rings. The van der Waals surface area contributed by atoms with Gasteiger partial charge in [-0.15, -0.1) is 0 Å². The number of fused-ring (bicyclic) bond motifs is 7. The number of rotatable bonds is 5. The van der Waals surface area contributed by atoms with E-state index in [1.165, 1.54) is 6.20 Å². The number of nitrogens with zero attached hydrogens (tertiary/aromatic N) is 1. The Morgan fingerprint density at radius 2 is 1.44 bits per heavy atom. The van der Waals surface area contributed by atoms with Gasteiger partial charge in [-0.25, -0.2) is 0 Å². The number of furan rings is 1. The van der Waals surface area contributed by atoms with Crippen LogP contribution in [0.3, 0.4) is 0 Å². The summed E-state index contributed by atoms with van der Waals surface area (Å²) in [6.45, 7) is 1.34. The van der Waals surface area contributed by atoms with Gasteiger partial charge in [0.05, 0.1) is 5.69 Å². The van der Waals surface area contributed by atoms with Crippen LogP contribution in [0.25, 0.3) is 65.9 Å². The summed E-state index contributed by atoms with van der Waals surface area (Å²) in [5, 5.41) is 6.21. The van der Waals surface area contributed by atoms with Crippen molar-refractivity contribution in [3.8, 4) is 22.4 Å². The molecule has 0 aliphatic heterocycles. The van der Waals surface area contributed by atoms with E-state index < -0.39 is 13.7 Å². The van der Waals surface area contributed by atoms with E-state index in [0.717, 1.165) is 56.3 Å². The Hall–Kier alpha value is -4.43. The molecule has 2 heteroatoms. The van der Waals surface area contributed by atoms with Gasteiger partial charge in [0, 0.05) is 36.1 Å². The first-order valence-electron chi connectivity index (χ1n) is 17.3. The van der Waals surface area contributed by atoms with Gasteiger partial charge in [-0.05, 0) is 94.1 Å². The molecule has 7 rings (SSSR count). The molecule has 202 valence electrons. The summed E-state index contributed by atoms with van der Waals surface area (Å²) in [6, 6.07) is 29.7. The Morgan fingerprint density at radius 1 is 0.683 bits per heavy atom. The molecule has 41 heavy (non-hydrogen) atoms. The maximum absolute atomic E-state index is 8.48. The number of aryl methyl sites for hydroxylation is 2. The van der Waals surface area contributed by atoms with Crippen LogP contribution in [0.4, 0.5) is 0 Å². The molecule has 0 bridgehead atoms. The van der Waals surface area contributed by atoms with Crippen molar-refractivity contribution in [3.05, 3.63) is 114 Å². The summed E-state index contributed by atoms with van der Waals surface area (Å²) >= 11 is 0. The van der Waals surface area contributed by atoms with Crippen molar-refractivity contribution in [1.29, 1.82) is 0 Å². The van der Waals surface area contributed by atoms with Crippen molar-refractivity contribution in [2.24, 2.45) is 0 Å². The number of para-hydroxylation sites is 1. The molecule has 2 aromatic heterocycles. The van der Waals surface area contributed by atoms with E-state index in [-0.39, 0.29) is 16.5 Å². The highest BCUT2D eigenvalue weighted by atomic mass is 16.3. The van der Waals surface area contributed by atoms with Crippen LogP contribution < -0.4 is 0 Å². The summed E-state index contributed by atoms with van der Waals surface area (Å²) in [6.07, 6.45) is 3.05. The van der Waals surface area contributed by atoms with Crippen LogP contribution >= 0.6 is 0 Å². The molecule has 2 heterocycles. The lowest BCUT2D eigenvalue weighted by Gasteiger charge is -2.28. The molecule has 0 N–H and O–H groups in total. The fourth-order valence-corrected chi connectivity index (χ4v) is 6.18. The van der Waals surface area contributed by atoms with Crippen LogP contribution in [0.15, 0.2) is 102 Å². The minimum absolute atomic E-state index is 0.00231. The van der Waals surface area contributed by atoms with E-state index in [9.17, 15) is 0 Å². The molecule has 2 nitrogen and oxygen atoms in total. The molecule has 0 saturated heterocycles. The number of hydrogen-bond acceptors (Lipinski definition) is 2. The van der Waals surface area contributed by atoms with Crippen molar-refractivity contribution in [3.63, 3.8) is 0 Å². The lowest BCUT2D eigenvalue weighted by Crippen LogP contribution is -2.19. The maximum Gasteiger partial charge on any atom is 0.144 e. The summed E-state index contributed by atoms with van der Waals surface area (Å²) in [7, 11) is 0. The fraction of sp³-hybridized carbons (Fsp3) is 0.205. The molecule has 0 spiro atoms. The van der Waals surface area contributed by atoms with Gasteiger partial charge in [-0.1, -0.05) is 93.6 Å². The first kappa shape index (κ1) is 19.6. The zero-order valence-corrected chi connectivity index (χ0v) is 23.5. The van der Waals surface area contributed by atoms with Gasteiger partial charge in [-0.3, -0.25) is 4.98 Å². The topological polar surface area (TPSA) is 26.0 Å². The van der Waals surface area contributed by atoms with Crippen molar-refractivity contribution in [2.45, 2.75) is 52.7 Å². The first-order chi connectivity index (χ1) is 22.3. The van der Waals surface area contributed by atoms with Crippen molar-refractivity contribution in [2.75, 3.05) is 0 Å². The normalized spacial score (nSPS) is 15.0. The average Bonchev–Trinajstić information content (AvgIpc) is 3.45. The molecule has 5 aromatic carbocycles. The van der Waals surface area contributed by atoms with E-state index in [1.54, 1.807) is 18.2 Å². The van der Waals surface area contributed by atoms with Gasteiger partial charge in [0.2, 0.25) is 0 Å². The average molecular weight is 540 g/mol. The lowest BCUT2D eigenvalue weighted by atomic mass is 9.76. The van der Waals surface area contributed by atoms with Crippen LogP contribution in [0.2, 0.25) is 0 Å². The second-order valence-corrected chi connectivity index (χ2v) is 11.3. The van der Waals surface area contributed by atoms with Crippen LogP contribution in [0, 0.1) is 13.7 Å². The summed E-state index contributed by atoms with van der Waals surface area (Å²) in [5.74, 6) is 0. The van der Waals surface area contributed by atoms with Crippen LogP contribution in [-0.4, -0.2) is 4.98 Å². The molecular weight excluding hydrogens is 498 g/mol. The van der Waals surface area contributed by atoms with Gasteiger partial charge in [0.1, 0.15) is 11.2 Å². The highest BCUT2D eigenvalue weighted by Crippen LogP contribution is 2.42. The van der Waals surface area contributed by atoms with Crippen molar-refractivity contribution >= 4 is 43.5 Å². The summed E-state index contributed by atoms with van der Waals surface area (Å²) < 4.78 is 57.2. The van der Waals surface area contributed by atoms with Gasteiger partial charge < -0.3 is 4.42 Å². The van der Waals surface area contributed by atoms with E-state index >= 15 is 0 Å². The van der Waals surface area contributed by atoms with Crippen LogP contribution in [-0.2, 0) is 5.41 Å². The highest BCUT2D eigenvalue weighted by Gasteiger charge is 2.23. The predicted molar refractivity (Wildman–Crippen MR) is 175 cm³/mol. The quantitative estimate of drug-likeness (QED) is 0.203. The summed E-state index contributed by atoms with van der Waals surface area (Å²) in [4.78, 5) is 4.65. The third kappa shape index (κ3) is 3.96. The van der Waals surface area contributed by atoms with E-state index in [2.05, 4.69) is 62.2 Å². The number of aromatic nitrogens is 1. The van der Waals surface area contributed by atoms with Gasteiger partial charge in [0.25, 0.3) is 0 Å². The standard InChI is InChI=1S/C39H35NO/c1-6-39(5,7-2)28-18-20-29(24(3)21-28)34-22-35(40-23-25(34)4)33-14-10-13-31-32-19-17-27-16-15-26-11-8-9-12-30(26)36(27)38(32)41-37(31)33/h8-23H,6-7H2,1-5H3/i3D3,4D3. The van der Waals surface area contributed by atoms with E-state index in [4.69, 9.17) is 12.6 Å². The molecule has 0 aliphatic rings. The second kappa shape index (κ2) is 9.59. The molecule has 0 radical (unpaired) electrons. The molecule has 0 saturated carbocycles.